The van der Waals surface area contributed by atoms with Gasteiger partial charge in [0.25, 0.3) is 0 Å². The Morgan fingerprint density at radius 2 is 2.22 bits per heavy atom. The quantitative estimate of drug-likeness (QED) is 0.780. The largest absolute Gasteiger partial charge is 0.370 e. The number of sulfonamides is 1. The van der Waals surface area contributed by atoms with E-state index in [1.807, 2.05) is 31.2 Å². The molecule has 2 rings (SSSR count). The van der Waals surface area contributed by atoms with Crippen LogP contribution >= 0.6 is 0 Å². The number of nitrogens with zero attached hydrogens (tertiary/aromatic N) is 1. The minimum absolute atomic E-state index is 0.230. The van der Waals surface area contributed by atoms with Crippen molar-refractivity contribution in [2.24, 2.45) is 0 Å². The van der Waals surface area contributed by atoms with Gasteiger partial charge in [-0.2, -0.15) is 0 Å². The first-order valence-electron chi connectivity index (χ1n) is 7.34. The average molecular weight is 338 g/mol. The topological polar surface area (TPSA) is 75.7 Å². The predicted octanol–water partition coefficient (Wildman–Crippen LogP) is 0.826. The van der Waals surface area contributed by atoms with Crippen molar-refractivity contribution >= 4 is 15.9 Å². The summed E-state index contributed by atoms with van der Waals surface area (Å²) in [7, 11) is -3.38. The number of amides is 1. The van der Waals surface area contributed by atoms with Crippen molar-refractivity contribution in [1.29, 1.82) is 0 Å². The van der Waals surface area contributed by atoms with Crippen LogP contribution in [0.3, 0.4) is 0 Å². The number of carbonyl (C=O) groups excluding carboxylic acids is 1. The van der Waals surface area contributed by atoms with Crippen LogP contribution in [0.15, 0.2) is 36.9 Å². The van der Waals surface area contributed by atoms with Gasteiger partial charge in [-0.25, -0.2) is 13.1 Å². The third-order valence-electron chi connectivity index (χ3n) is 3.66. The van der Waals surface area contributed by atoms with Gasteiger partial charge in [-0.3, -0.25) is 4.79 Å². The number of hydrogen-bond donors (Lipinski definition) is 1. The number of carbonyl (C=O) groups is 1. The van der Waals surface area contributed by atoms with E-state index in [9.17, 15) is 13.2 Å². The molecule has 1 amide bonds. The number of likely N-dealkylation sites (tertiary alicyclic amines) is 1. The number of hydrogen-bond acceptors (Lipinski definition) is 4. The molecule has 0 radical (unpaired) electrons. The van der Waals surface area contributed by atoms with Crippen molar-refractivity contribution in [1.82, 2.24) is 9.62 Å². The summed E-state index contributed by atoms with van der Waals surface area (Å²) >= 11 is 0. The molecule has 0 bridgehead atoms. The molecule has 1 aliphatic rings. The fourth-order valence-corrected chi connectivity index (χ4v) is 3.42. The van der Waals surface area contributed by atoms with Gasteiger partial charge in [-0.1, -0.05) is 36.4 Å². The van der Waals surface area contributed by atoms with E-state index in [1.165, 1.54) is 11.0 Å². The second kappa shape index (κ2) is 7.25. The van der Waals surface area contributed by atoms with Crippen LogP contribution in [-0.4, -0.2) is 50.7 Å². The van der Waals surface area contributed by atoms with Crippen LogP contribution in [0, 0.1) is 6.92 Å². The average Bonchev–Trinajstić information content (AvgIpc) is 2.85. The summed E-state index contributed by atoms with van der Waals surface area (Å²) < 4.78 is 31.4. The van der Waals surface area contributed by atoms with Crippen molar-refractivity contribution in [2.75, 3.05) is 19.3 Å². The second-order valence-electron chi connectivity index (χ2n) is 5.78. The van der Waals surface area contributed by atoms with Crippen molar-refractivity contribution in [3.63, 3.8) is 0 Å². The Balaban J connectivity index is 2.06. The molecule has 0 saturated carbocycles. The van der Waals surface area contributed by atoms with Crippen LogP contribution in [0.2, 0.25) is 0 Å². The fraction of sp³-hybridized carbons (Fsp3) is 0.438. The van der Waals surface area contributed by atoms with E-state index in [4.69, 9.17) is 4.74 Å². The lowest BCUT2D eigenvalue weighted by atomic mass is 10.1. The molecule has 1 aliphatic heterocycles. The lowest BCUT2D eigenvalue weighted by Gasteiger charge is -2.19. The Bertz CT molecular complexity index is 687. The first-order chi connectivity index (χ1) is 10.8. The molecule has 1 fully saturated rings. The normalized spacial score (nSPS) is 21.4. The van der Waals surface area contributed by atoms with Gasteiger partial charge in [0.1, 0.15) is 0 Å². The maximum atomic E-state index is 11.8. The summed E-state index contributed by atoms with van der Waals surface area (Å²) in [5, 5.41) is 0. The molecule has 0 aliphatic carbocycles. The van der Waals surface area contributed by atoms with Gasteiger partial charge in [0.2, 0.25) is 15.9 Å². The molecule has 126 valence electrons. The van der Waals surface area contributed by atoms with Crippen LogP contribution in [0.25, 0.3) is 0 Å². The molecule has 1 N–H and O–H groups in total. The van der Waals surface area contributed by atoms with E-state index >= 15 is 0 Å². The Morgan fingerprint density at radius 1 is 1.48 bits per heavy atom. The van der Waals surface area contributed by atoms with Crippen LogP contribution < -0.4 is 4.72 Å². The van der Waals surface area contributed by atoms with Gasteiger partial charge in [0.15, 0.2) is 0 Å². The highest BCUT2D eigenvalue weighted by atomic mass is 32.2. The van der Waals surface area contributed by atoms with Crippen molar-refractivity contribution in [2.45, 2.75) is 25.7 Å². The van der Waals surface area contributed by atoms with Crippen LogP contribution in [-0.2, 0) is 26.2 Å². The smallest absolute Gasteiger partial charge is 0.246 e. The predicted molar refractivity (Wildman–Crippen MR) is 88.3 cm³/mol. The van der Waals surface area contributed by atoms with E-state index < -0.39 is 22.2 Å². The second-order valence-corrected chi connectivity index (χ2v) is 7.56. The molecule has 1 aromatic carbocycles. The zero-order valence-electron chi connectivity index (χ0n) is 13.4. The molecule has 1 aromatic rings. The Labute approximate surface area is 137 Å². The first-order valence-corrected chi connectivity index (χ1v) is 9.23. The molecule has 1 saturated heterocycles. The molecule has 7 heteroatoms. The van der Waals surface area contributed by atoms with Crippen LogP contribution in [0.5, 0.6) is 0 Å². The molecule has 0 unspecified atom stereocenters. The third kappa shape index (κ3) is 5.16. The standard InChI is InChI=1S/C16H22N2O4S/c1-4-16(19)18-9-14(17-23(3,20)21)15(10-18)22-11-13-7-5-6-12(2)8-13/h4-8,14-15,17H,1,9-11H2,2-3H3/t14-,15-/m1/s1. The number of aryl methyl sites for hydroxylation is 1. The summed E-state index contributed by atoms with van der Waals surface area (Å²) in [5.41, 5.74) is 2.14. The van der Waals surface area contributed by atoms with Gasteiger partial charge >= 0.3 is 0 Å². The molecule has 0 spiro atoms. The highest BCUT2D eigenvalue weighted by molar-refractivity contribution is 7.88. The van der Waals surface area contributed by atoms with E-state index in [0.717, 1.165) is 17.4 Å². The molecule has 6 nitrogen and oxygen atoms in total. The number of benzene rings is 1. The first kappa shape index (κ1) is 17.7. The molecule has 1 heterocycles. The number of nitrogens with one attached hydrogen (secondary N) is 1. The van der Waals surface area contributed by atoms with Gasteiger partial charge < -0.3 is 9.64 Å². The maximum Gasteiger partial charge on any atom is 0.246 e. The van der Waals surface area contributed by atoms with Gasteiger partial charge in [-0.05, 0) is 18.6 Å². The highest BCUT2D eigenvalue weighted by Crippen LogP contribution is 2.17. The minimum atomic E-state index is -3.38. The molecular weight excluding hydrogens is 316 g/mol. The van der Waals surface area contributed by atoms with Crippen molar-refractivity contribution < 1.29 is 17.9 Å². The minimum Gasteiger partial charge on any atom is -0.370 e. The van der Waals surface area contributed by atoms with Crippen molar-refractivity contribution in [3.05, 3.63) is 48.0 Å². The highest BCUT2D eigenvalue weighted by Gasteiger charge is 2.36. The lowest BCUT2D eigenvalue weighted by Crippen LogP contribution is -2.43. The number of rotatable bonds is 6. The van der Waals surface area contributed by atoms with Gasteiger partial charge in [0.05, 0.1) is 25.0 Å². The van der Waals surface area contributed by atoms with Gasteiger partial charge in [0, 0.05) is 13.1 Å². The Hall–Kier alpha value is -1.70. The van der Waals surface area contributed by atoms with Crippen LogP contribution in [0.1, 0.15) is 11.1 Å². The lowest BCUT2D eigenvalue weighted by molar-refractivity contribution is -0.125. The van der Waals surface area contributed by atoms with E-state index in [0.29, 0.717) is 13.2 Å². The summed E-state index contributed by atoms with van der Waals surface area (Å²) in [4.78, 5) is 13.3. The van der Waals surface area contributed by atoms with Gasteiger partial charge in [-0.15, -0.1) is 0 Å². The molecule has 0 aromatic heterocycles. The summed E-state index contributed by atoms with van der Waals surface area (Å²) in [5.74, 6) is -0.230. The maximum absolute atomic E-state index is 11.8. The molecule has 23 heavy (non-hydrogen) atoms. The fourth-order valence-electron chi connectivity index (χ4n) is 2.65. The summed E-state index contributed by atoms with van der Waals surface area (Å²) in [6.07, 6.45) is 1.93. The monoisotopic (exact) mass is 338 g/mol. The molecular formula is C16H22N2O4S. The Kier molecular flexibility index (Phi) is 5.56. The van der Waals surface area contributed by atoms with Crippen LogP contribution in [0.4, 0.5) is 0 Å². The van der Waals surface area contributed by atoms with E-state index in [1.54, 1.807) is 0 Å². The Morgan fingerprint density at radius 3 is 2.83 bits per heavy atom. The summed E-state index contributed by atoms with van der Waals surface area (Å²) in [6, 6.07) is 7.45. The molecule has 2 atom stereocenters. The number of ether oxygens (including phenoxy) is 1. The zero-order valence-corrected chi connectivity index (χ0v) is 14.2. The SMILES string of the molecule is C=CC(=O)N1C[C@@H](NS(C)(=O)=O)[C@H](OCc2cccc(C)c2)C1. The van der Waals surface area contributed by atoms with Crippen molar-refractivity contribution in [3.8, 4) is 0 Å². The summed E-state index contributed by atoms with van der Waals surface area (Å²) in [6.45, 7) is 6.44. The van der Waals surface area contributed by atoms with E-state index in [2.05, 4.69) is 11.3 Å². The third-order valence-corrected chi connectivity index (χ3v) is 4.40. The van der Waals surface area contributed by atoms with E-state index in [-0.39, 0.29) is 12.5 Å². The zero-order chi connectivity index (χ0) is 17.0.